The smallest absolute Gasteiger partial charge is 0.348 e. The molecule has 0 aromatic heterocycles. The summed E-state index contributed by atoms with van der Waals surface area (Å²) in [5.74, 6) is 0. The summed E-state index contributed by atoms with van der Waals surface area (Å²) < 4.78 is 21.8. The molecule has 1 N–H and O–H groups in total. The Labute approximate surface area is 83.7 Å². The lowest BCUT2D eigenvalue weighted by molar-refractivity contribution is 0.211. The van der Waals surface area contributed by atoms with Gasteiger partial charge in [0.25, 0.3) is 0 Å². The van der Waals surface area contributed by atoms with Crippen LogP contribution >= 0.6 is 19.2 Å². The van der Waals surface area contributed by atoms with Crippen molar-refractivity contribution in [1.29, 1.82) is 0 Å². The summed E-state index contributed by atoms with van der Waals surface area (Å²) >= 11 is 5.77. The second-order valence-electron chi connectivity index (χ2n) is 2.32. The molecule has 13 heavy (non-hydrogen) atoms. The SMILES string of the molecule is CCOP(=O)(OCC)C(Cl)CCO. The van der Waals surface area contributed by atoms with Gasteiger partial charge in [0, 0.05) is 6.61 Å². The molecule has 1 atom stereocenters. The molecule has 0 fully saturated rings. The van der Waals surface area contributed by atoms with E-state index in [-0.39, 0.29) is 26.2 Å². The van der Waals surface area contributed by atoms with Crippen molar-refractivity contribution in [2.75, 3.05) is 19.8 Å². The molecule has 0 aromatic carbocycles. The zero-order valence-corrected chi connectivity index (χ0v) is 9.55. The standard InChI is InChI=1S/C7H16ClO4P/c1-3-11-13(10,12-4-2)7(8)5-6-9/h7,9H,3-6H2,1-2H3. The predicted molar refractivity (Wildman–Crippen MR) is 52.2 cm³/mol. The second kappa shape index (κ2) is 6.80. The van der Waals surface area contributed by atoms with Crippen LogP contribution in [0.2, 0.25) is 0 Å². The lowest BCUT2D eigenvalue weighted by Gasteiger charge is -2.20. The molecule has 0 aliphatic heterocycles. The Bertz CT molecular complexity index is 166. The molecule has 4 nitrogen and oxygen atoms in total. The first-order valence-electron chi connectivity index (χ1n) is 4.24. The first kappa shape index (κ1) is 13.4. The summed E-state index contributed by atoms with van der Waals surface area (Å²) in [7, 11) is -3.22. The molecular weight excluding hydrogens is 214 g/mol. The fourth-order valence-electron chi connectivity index (χ4n) is 0.824. The molecule has 0 rings (SSSR count). The summed E-state index contributed by atoms with van der Waals surface area (Å²) in [6, 6.07) is 0. The number of hydrogen-bond acceptors (Lipinski definition) is 4. The summed E-state index contributed by atoms with van der Waals surface area (Å²) in [6.45, 7) is 3.87. The van der Waals surface area contributed by atoms with Gasteiger partial charge < -0.3 is 14.2 Å². The normalized spacial score (nSPS) is 14.5. The molecule has 6 heteroatoms. The summed E-state index contributed by atoms with van der Waals surface area (Å²) in [5, 5.41) is 7.85. The van der Waals surface area contributed by atoms with Crippen LogP contribution in [0.1, 0.15) is 20.3 Å². The highest BCUT2D eigenvalue weighted by atomic mass is 35.5. The van der Waals surface area contributed by atoms with Gasteiger partial charge in [0.1, 0.15) is 5.12 Å². The number of hydrogen-bond donors (Lipinski definition) is 1. The van der Waals surface area contributed by atoms with E-state index in [0.29, 0.717) is 0 Å². The quantitative estimate of drug-likeness (QED) is 0.538. The van der Waals surface area contributed by atoms with E-state index < -0.39 is 12.7 Å². The molecule has 0 bridgehead atoms. The number of rotatable bonds is 7. The van der Waals surface area contributed by atoms with E-state index in [2.05, 4.69) is 0 Å². The largest absolute Gasteiger partial charge is 0.396 e. The highest BCUT2D eigenvalue weighted by molar-refractivity contribution is 7.56. The number of alkyl halides is 1. The molecule has 1 unspecified atom stereocenters. The third kappa shape index (κ3) is 4.43. The third-order valence-electron chi connectivity index (χ3n) is 1.33. The molecule has 0 radical (unpaired) electrons. The van der Waals surface area contributed by atoms with Gasteiger partial charge in [-0.2, -0.15) is 0 Å². The first-order chi connectivity index (χ1) is 6.10. The highest BCUT2D eigenvalue weighted by Crippen LogP contribution is 2.55. The number of aliphatic hydroxyl groups excluding tert-OH is 1. The minimum absolute atomic E-state index is 0.127. The van der Waals surface area contributed by atoms with E-state index in [1.54, 1.807) is 13.8 Å². The van der Waals surface area contributed by atoms with E-state index in [4.69, 9.17) is 25.8 Å². The Morgan fingerprint density at radius 1 is 1.38 bits per heavy atom. The van der Waals surface area contributed by atoms with Crippen LogP contribution in [0.3, 0.4) is 0 Å². The number of aliphatic hydroxyl groups is 1. The first-order valence-corrected chi connectivity index (χ1v) is 6.29. The molecule has 0 saturated heterocycles. The van der Waals surface area contributed by atoms with Crippen molar-refractivity contribution in [3.8, 4) is 0 Å². The summed E-state index contributed by atoms with van der Waals surface area (Å²) in [4.78, 5) is 0. The molecule has 0 aliphatic rings. The van der Waals surface area contributed by atoms with Crippen LogP contribution in [0.15, 0.2) is 0 Å². The fraction of sp³-hybridized carbons (Fsp3) is 1.00. The van der Waals surface area contributed by atoms with Gasteiger partial charge >= 0.3 is 7.60 Å². The van der Waals surface area contributed by atoms with Crippen LogP contribution in [-0.4, -0.2) is 30.0 Å². The maximum absolute atomic E-state index is 11.8. The van der Waals surface area contributed by atoms with Crippen molar-refractivity contribution in [3.05, 3.63) is 0 Å². The average molecular weight is 231 g/mol. The van der Waals surface area contributed by atoms with Gasteiger partial charge in [-0.1, -0.05) is 0 Å². The van der Waals surface area contributed by atoms with Crippen LogP contribution in [-0.2, 0) is 13.6 Å². The fourth-order valence-corrected chi connectivity index (χ4v) is 2.81. The monoisotopic (exact) mass is 230 g/mol. The minimum Gasteiger partial charge on any atom is -0.396 e. The molecular formula is C7H16ClO4P. The Hall–Kier alpha value is 0.400. The average Bonchev–Trinajstić information content (AvgIpc) is 2.05. The number of halogens is 1. The van der Waals surface area contributed by atoms with Crippen molar-refractivity contribution >= 4 is 19.2 Å². The second-order valence-corrected chi connectivity index (χ2v) is 5.37. The highest BCUT2D eigenvalue weighted by Gasteiger charge is 2.33. The Kier molecular flexibility index (Phi) is 7.00. The van der Waals surface area contributed by atoms with Crippen molar-refractivity contribution < 1.29 is 18.7 Å². The maximum Gasteiger partial charge on any atom is 0.348 e. The van der Waals surface area contributed by atoms with Crippen LogP contribution in [0.4, 0.5) is 0 Å². The van der Waals surface area contributed by atoms with Gasteiger partial charge in [0.2, 0.25) is 0 Å². The summed E-state index contributed by atoms with van der Waals surface area (Å²) in [5.41, 5.74) is 0. The molecule has 80 valence electrons. The molecule has 0 heterocycles. The van der Waals surface area contributed by atoms with Crippen molar-refractivity contribution in [3.63, 3.8) is 0 Å². The van der Waals surface area contributed by atoms with Gasteiger partial charge in [-0.25, -0.2) is 0 Å². The van der Waals surface area contributed by atoms with Gasteiger partial charge in [-0.05, 0) is 20.3 Å². The molecule has 0 aromatic rings. The van der Waals surface area contributed by atoms with Crippen molar-refractivity contribution in [1.82, 2.24) is 0 Å². The Morgan fingerprint density at radius 2 is 1.85 bits per heavy atom. The molecule has 0 amide bonds. The van der Waals surface area contributed by atoms with E-state index >= 15 is 0 Å². The van der Waals surface area contributed by atoms with Gasteiger partial charge in [-0.15, -0.1) is 11.6 Å². The Balaban J connectivity index is 4.28. The van der Waals surface area contributed by atoms with Crippen LogP contribution < -0.4 is 0 Å². The maximum atomic E-state index is 11.8. The van der Waals surface area contributed by atoms with Crippen LogP contribution in [0, 0.1) is 0 Å². The van der Waals surface area contributed by atoms with E-state index in [1.807, 2.05) is 0 Å². The molecule has 0 spiro atoms. The molecule has 0 saturated carbocycles. The van der Waals surface area contributed by atoms with E-state index in [0.717, 1.165) is 0 Å². The van der Waals surface area contributed by atoms with Crippen LogP contribution in [0.5, 0.6) is 0 Å². The van der Waals surface area contributed by atoms with Gasteiger partial charge in [0.15, 0.2) is 0 Å². The van der Waals surface area contributed by atoms with Crippen molar-refractivity contribution in [2.24, 2.45) is 0 Å². The lowest BCUT2D eigenvalue weighted by Crippen LogP contribution is -2.09. The third-order valence-corrected chi connectivity index (χ3v) is 4.44. The minimum atomic E-state index is -3.22. The molecule has 0 aliphatic carbocycles. The lowest BCUT2D eigenvalue weighted by atomic mass is 10.5. The van der Waals surface area contributed by atoms with E-state index in [1.165, 1.54) is 0 Å². The summed E-state index contributed by atoms with van der Waals surface area (Å²) in [6.07, 6.45) is 0.207. The zero-order valence-electron chi connectivity index (χ0n) is 7.90. The predicted octanol–water partition coefficient (Wildman–Crippen LogP) is 2.20. The zero-order chi connectivity index (χ0) is 10.3. The van der Waals surface area contributed by atoms with Crippen LogP contribution in [0.25, 0.3) is 0 Å². The van der Waals surface area contributed by atoms with Gasteiger partial charge in [-0.3, -0.25) is 4.57 Å². The topological polar surface area (TPSA) is 55.8 Å². The van der Waals surface area contributed by atoms with Crippen molar-refractivity contribution in [2.45, 2.75) is 25.4 Å². The van der Waals surface area contributed by atoms with Gasteiger partial charge in [0.05, 0.1) is 13.2 Å². The van der Waals surface area contributed by atoms with E-state index in [9.17, 15) is 4.57 Å². The Morgan fingerprint density at radius 3 is 2.15 bits per heavy atom.